The summed E-state index contributed by atoms with van der Waals surface area (Å²) in [6, 6.07) is 14.2. The van der Waals surface area contributed by atoms with E-state index in [1.807, 2.05) is 37.4 Å². The molecule has 1 aromatic heterocycles. The lowest BCUT2D eigenvalue weighted by molar-refractivity contribution is -0.165. The first-order chi connectivity index (χ1) is 17.4. The monoisotopic (exact) mass is 544 g/mol. The number of sulfonamides is 1. The highest BCUT2D eigenvalue weighted by Crippen LogP contribution is 2.33. The van der Waals surface area contributed by atoms with Crippen LogP contribution in [-0.2, 0) is 31.7 Å². The fourth-order valence-corrected chi connectivity index (χ4v) is 5.69. The number of aryl methyl sites for hydroxylation is 1. The molecule has 198 valence electrons. The maximum Gasteiger partial charge on any atom is 0.344 e. The van der Waals surface area contributed by atoms with Gasteiger partial charge in [0.2, 0.25) is 5.60 Å². The van der Waals surface area contributed by atoms with Crippen molar-refractivity contribution in [1.29, 1.82) is 0 Å². The third-order valence-corrected chi connectivity index (χ3v) is 7.60. The van der Waals surface area contributed by atoms with Crippen LogP contribution in [0.25, 0.3) is 11.1 Å². The van der Waals surface area contributed by atoms with Crippen molar-refractivity contribution in [3.63, 3.8) is 0 Å². The Kier molecular flexibility index (Phi) is 8.83. The fourth-order valence-electron chi connectivity index (χ4n) is 3.83. The van der Waals surface area contributed by atoms with E-state index in [9.17, 15) is 18.3 Å². The number of imidazole rings is 1. The number of hydrogen-bond acceptors (Lipinski definition) is 7. The van der Waals surface area contributed by atoms with Gasteiger partial charge in [-0.25, -0.2) is 9.78 Å². The number of carbonyl (C=O) groups excluding carboxylic acids is 1. The molecule has 37 heavy (non-hydrogen) atoms. The van der Waals surface area contributed by atoms with Crippen molar-refractivity contribution in [3.8, 4) is 11.1 Å². The Balaban J connectivity index is 1.98. The zero-order chi connectivity index (χ0) is 27.4. The molecule has 0 bridgehead atoms. The van der Waals surface area contributed by atoms with Crippen LogP contribution in [0.4, 0.5) is 0 Å². The minimum Gasteiger partial charge on any atom is -0.464 e. The number of carbonyl (C=O) groups is 1. The Morgan fingerprint density at radius 1 is 1.22 bits per heavy atom. The Morgan fingerprint density at radius 3 is 2.46 bits per heavy atom. The van der Waals surface area contributed by atoms with Crippen molar-refractivity contribution in [3.05, 3.63) is 65.6 Å². The Bertz CT molecular complexity index is 1390. The molecule has 11 heteroatoms. The lowest BCUT2D eigenvalue weighted by Crippen LogP contribution is -2.37. The molecule has 3 rings (SSSR count). The van der Waals surface area contributed by atoms with Gasteiger partial charge in [0.25, 0.3) is 10.0 Å². The lowest BCUT2D eigenvalue weighted by atomic mass is 10.0. The maximum atomic E-state index is 12.8. The molecule has 0 spiro atoms. The van der Waals surface area contributed by atoms with Gasteiger partial charge < -0.3 is 19.3 Å². The van der Waals surface area contributed by atoms with Crippen LogP contribution in [-0.4, -0.2) is 67.2 Å². The van der Waals surface area contributed by atoms with Gasteiger partial charge in [-0.3, -0.25) is 0 Å². The predicted molar refractivity (Wildman–Crippen MR) is 145 cm³/mol. The maximum absolute atomic E-state index is 12.8. The van der Waals surface area contributed by atoms with E-state index in [4.69, 9.17) is 4.74 Å². The molecule has 0 aliphatic rings. The number of nitrogens with zero attached hydrogens (tertiary/aromatic N) is 4. The first-order valence-electron chi connectivity index (χ1n) is 11.6. The zero-order valence-corrected chi connectivity index (χ0v) is 23.4. The summed E-state index contributed by atoms with van der Waals surface area (Å²) in [6.45, 7) is 5.41. The van der Waals surface area contributed by atoms with Gasteiger partial charge in [0.15, 0.2) is 0 Å². The Hall–Kier alpha value is -3.15. The van der Waals surface area contributed by atoms with Crippen LogP contribution < -0.4 is 0 Å². The van der Waals surface area contributed by atoms with Crippen LogP contribution in [0.5, 0.6) is 0 Å². The van der Waals surface area contributed by atoms with E-state index in [0.717, 1.165) is 5.56 Å². The van der Waals surface area contributed by atoms with Crippen molar-refractivity contribution in [2.24, 2.45) is 4.40 Å². The predicted octanol–water partition coefficient (Wildman–Crippen LogP) is 3.68. The van der Waals surface area contributed by atoms with Gasteiger partial charge in [-0.05, 0) is 44.2 Å². The fraction of sp³-hybridized carbons (Fsp3) is 0.346. The van der Waals surface area contributed by atoms with Gasteiger partial charge in [0.1, 0.15) is 17.2 Å². The van der Waals surface area contributed by atoms with Crippen molar-refractivity contribution in [1.82, 2.24) is 14.5 Å². The van der Waals surface area contributed by atoms with Gasteiger partial charge in [-0.15, -0.1) is 16.2 Å². The second kappa shape index (κ2) is 11.5. The van der Waals surface area contributed by atoms with E-state index < -0.39 is 21.6 Å². The molecule has 9 nitrogen and oxygen atoms in total. The molecule has 1 heterocycles. The van der Waals surface area contributed by atoms with Crippen molar-refractivity contribution in [2.75, 3.05) is 27.0 Å². The van der Waals surface area contributed by atoms with Gasteiger partial charge in [-0.1, -0.05) is 42.5 Å². The smallest absolute Gasteiger partial charge is 0.344 e. The lowest BCUT2D eigenvalue weighted by Gasteiger charge is -2.24. The minimum absolute atomic E-state index is 0.115. The molecule has 0 saturated heterocycles. The van der Waals surface area contributed by atoms with Crippen LogP contribution >= 0.6 is 11.8 Å². The molecule has 1 atom stereocenters. The summed E-state index contributed by atoms with van der Waals surface area (Å²) in [6.07, 6.45) is 3.09. The van der Waals surface area contributed by atoms with Crippen LogP contribution in [0.3, 0.4) is 0 Å². The molecule has 0 saturated carbocycles. The van der Waals surface area contributed by atoms with Crippen LogP contribution in [0, 0.1) is 6.92 Å². The molecule has 0 aliphatic carbocycles. The second-order valence-corrected chi connectivity index (χ2v) is 11.1. The average molecular weight is 545 g/mol. The standard InChI is InChI=1S/C26H32N4O5S2/c1-7-35-25(31)26(3,32)23-24(36-6)28-18(2)30(23)16-19-12-14-20(15-13-19)21-10-8-9-11-22(21)37(33,34)27-17-29(4)5/h8-15,17,32H,7,16H2,1-6H3. The van der Waals surface area contributed by atoms with E-state index in [-0.39, 0.29) is 11.5 Å². The summed E-state index contributed by atoms with van der Waals surface area (Å²) >= 11 is 1.34. The van der Waals surface area contributed by atoms with Crippen molar-refractivity contribution in [2.45, 2.75) is 42.8 Å². The average Bonchev–Trinajstić information content (AvgIpc) is 3.19. The van der Waals surface area contributed by atoms with Crippen molar-refractivity contribution < 1.29 is 23.1 Å². The highest BCUT2D eigenvalue weighted by atomic mass is 32.2. The number of aromatic nitrogens is 2. The third-order valence-electron chi connectivity index (χ3n) is 5.64. The normalized spacial score (nSPS) is 13.5. The molecular weight excluding hydrogens is 512 g/mol. The number of ether oxygens (including phenoxy) is 1. The van der Waals surface area contributed by atoms with Gasteiger partial charge >= 0.3 is 5.97 Å². The number of benzene rings is 2. The van der Waals surface area contributed by atoms with Crippen LogP contribution in [0.1, 0.15) is 30.9 Å². The SMILES string of the molecule is CCOC(=O)C(C)(O)c1c(SC)nc(C)n1Cc1ccc(-c2ccccc2S(=O)(=O)N=CN(C)C)cc1. The summed E-state index contributed by atoms with van der Waals surface area (Å²) < 4.78 is 36.4. The van der Waals surface area contributed by atoms with Crippen molar-refractivity contribution >= 4 is 34.1 Å². The number of hydrogen-bond donors (Lipinski definition) is 1. The van der Waals surface area contributed by atoms with Gasteiger partial charge in [-0.2, -0.15) is 8.42 Å². The Morgan fingerprint density at radius 2 is 1.86 bits per heavy atom. The number of rotatable bonds is 10. The first-order valence-corrected chi connectivity index (χ1v) is 14.2. The third kappa shape index (κ3) is 6.23. The molecular formula is C26H32N4O5S2. The van der Waals surface area contributed by atoms with E-state index in [1.165, 1.54) is 31.1 Å². The summed E-state index contributed by atoms with van der Waals surface area (Å²) in [5.74, 6) is -0.0975. The van der Waals surface area contributed by atoms with E-state index in [2.05, 4.69) is 9.38 Å². The highest BCUT2D eigenvalue weighted by molar-refractivity contribution is 7.98. The topological polar surface area (TPSA) is 114 Å². The molecule has 0 radical (unpaired) electrons. The molecule has 3 aromatic rings. The van der Waals surface area contributed by atoms with Gasteiger partial charge in [0, 0.05) is 26.2 Å². The minimum atomic E-state index is -3.89. The highest BCUT2D eigenvalue weighted by Gasteiger charge is 2.40. The summed E-state index contributed by atoms with van der Waals surface area (Å²) in [5.41, 5.74) is 0.628. The van der Waals surface area contributed by atoms with E-state index in [1.54, 1.807) is 48.7 Å². The van der Waals surface area contributed by atoms with Gasteiger partial charge in [0.05, 0.1) is 17.2 Å². The summed E-state index contributed by atoms with van der Waals surface area (Å²) in [5, 5.41) is 11.7. The quantitative estimate of drug-likeness (QED) is 0.178. The number of thioether (sulfide) groups is 1. The molecule has 1 N–H and O–H groups in total. The molecule has 1 unspecified atom stereocenters. The summed E-state index contributed by atoms with van der Waals surface area (Å²) in [4.78, 5) is 18.8. The zero-order valence-electron chi connectivity index (χ0n) is 21.8. The summed E-state index contributed by atoms with van der Waals surface area (Å²) in [7, 11) is -0.493. The van der Waals surface area contributed by atoms with E-state index >= 15 is 0 Å². The number of esters is 1. The van der Waals surface area contributed by atoms with Crippen LogP contribution in [0.2, 0.25) is 0 Å². The Labute approximate surface area is 222 Å². The number of aliphatic hydroxyl groups is 1. The first kappa shape index (κ1) is 28.4. The molecule has 0 amide bonds. The molecule has 2 aromatic carbocycles. The van der Waals surface area contributed by atoms with E-state index in [0.29, 0.717) is 34.2 Å². The largest absolute Gasteiger partial charge is 0.464 e. The molecule has 0 fully saturated rings. The van der Waals surface area contributed by atoms with Crippen LogP contribution in [0.15, 0.2) is 62.9 Å². The molecule has 0 aliphatic heterocycles. The second-order valence-electron chi connectivity index (χ2n) is 8.75.